The van der Waals surface area contributed by atoms with Crippen LogP contribution in [-0.2, 0) is 19.4 Å². The van der Waals surface area contributed by atoms with Gasteiger partial charge >= 0.3 is 0 Å². The van der Waals surface area contributed by atoms with E-state index in [4.69, 9.17) is 16.3 Å². The van der Waals surface area contributed by atoms with Gasteiger partial charge in [0.25, 0.3) is 0 Å². The van der Waals surface area contributed by atoms with Crippen LogP contribution >= 0.6 is 11.6 Å². The van der Waals surface area contributed by atoms with Crippen LogP contribution in [0.1, 0.15) is 16.7 Å². The summed E-state index contributed by atoms with van der Waals surface area (Å²) < 4.78 is 5.94. The minimum Gasteiger partial charge on any atom is -0.504 e. The van der Waals surface area contributed by atoms with Crippen molar-refractivity contribution < 1.29 is 9.84 Å². The molecule has 0 bridgehead atoms. The predicted molar refractivity (Wildman–Crippen MR) is 112 cm³/mol. The number of halogens is 1. The Morgan fingerprint density at radius 1 is 0.893 bits per heavy atom. The summed E-state index contributed by atoms with van der Waals surface area (Å²) in [7, 11) is 0. The number of benzene rings is 3. The largest absolute Gasteiger partial charge is 0.504 e. The predicted octanol–water partition coefficient (Wildman–Crippen LogP) is 5.07. The average Bonchev–Trinajstić information content (AvgIpc) is 3.00. The second-order valence-corrected chi connectivity index (χ2v) is 8.08. The number of ether oxygens (including phenoxy) is 1. The molecule has 0 spiro atoms. The standard InChI is InChI=1S/C24H22ClNO2/c25-21-7-3-6-16(11-21)19-10-20-15-26(8-9-28-24(20)23(27)14-19)22-12-17-4-1-2-5-18(17)13-22/h1-7,10-11,14,22,27H,8-9,12-13,15H2. The highest BCUT2D eigenvalue weighted by atomic mass is 35.5. The van der Waals surface area contributed by atoms with Crippen LogP contribution in [0.3, 0.4) is 0 Å². The molecule has 4 heteroatoms. The van der Waals surface area contributed by atoms with Gasteiger partial charge in [-0.05, 0) is 59.4 Å². The van der Waals surface area contributed by atoms with Crippen molar-refractivity contribution in [3.05, 3.63) is 82.4 Å². The fraction of sp³-hybridized carbons (Fsp3) is 0.250. The van der Waals surface area contributed by atoms with Crippen LogP contribution in [-0.4, -0.2) is 29.2 Å². The highest BCUT2D eigenvalue weighted by molar-refractivity contribution is 6.30. The molecule has 1 aliphatic carbocycles. The molecule has 5 rings (SSSR count). The van der Waals surface area contributed by atoms with Gasteiger partial charge in [-0.2, -0.15) is 0 Å². The van der Waals surface area contributed by atoms with E-state index < -0.39 is 0 Å². The normalized spacial score (nSPS) is 16.9. The first-order chi connectivity index (χ1) is 13.7. The maximum absolute atomic E-state index is 10.6. The molecule has 3 aromatic rings. The van der Waals surface area contributed by atoms with E-state index in [0.29, 0.717) is 23.4 Å². The number of fused-ring (bicyclic) bond motifs is 2. The minimum atomic E-state index is 0.198. The van der Waals surface area contributed by atoms with E-state index in [9.17, 15) is 5.11 Å². The molecular formula is C24H22ClNO2. The summed E-state index contributed by atoms with van der Waals surface area (Å²) in [4.78, 5) is 2.49. The van der Waals surface area contributed by atoms with Crippen molar-refractivity contribution in [1.29, 1.82) is 0 Å². The van der Waals surface area contributed by atoms with Crippen molar-refractivity contribution in [2.45, 2.75) is 25.4 Å². The lowest BCUT2D eigenvalue weighted by atomic mass is 10.0. The van der Waals surface area contributed by atoms with Crippen molar-refractivity contribution in [2.24, 2.45) is 0 Å². The molecule has 0 unspecified atom stereocenters. The van der Waals surface area contributed by atoms with Crippen molar-refractivity contribution >= 4 is 11.6 Å². The lowest BCUT2D eigenvalue weighted by Crippen LogP contribution is -2.37. The van der Waals surface area contributed by atoms with Crippen LogP contribution in [0.2, 0.25) is 5.02 Å². The molecule has 2 aliphatic rings. The molecule has 3 nitrogen and oxygen atoms in total. The Hall–Kier alpha value is -2.49. The molecule has 142 valence electrons. The lowest BCUT2D eigenvalue weighted by molar-refractivity contribution is 0.172. The van der Waals surface area contributed by atoms with Crippen LogP contribution < -0.4 is 4.74 Å². The Morgan fingerprint density at radius 3 is 2.43 bits per heavy atom. The smallest absolute Gasteiger partial charge is 0.165 e. The van der Waals surface area contributed by atoms with E-state index in [1.54, 1.807) is 6.07 Å². The first-order valence-corrected chi connectivity index (χ1v) is 10.1. The third kappa shape index (κ3) is 3.25. The second kappa shape index (κ2) is 7.16. The lowest BCUT2D eigenvalue weighted by Gasteiger charge is -2.26. The van der Waals surface area contributed by atoms with Gasteiger partial charge in [-0.25, -0.2) is 0 Å². The molecule has 0 saturated heterocycles. The zero-order chi connectivity index (χ0) is 19.1. The van der Waals surface area contributed by atoms with E-state index in [-0.39, 0.29) is 5.75 Å². The molecule has 1 aliphatic heterocycles. The van der Waals surface area contributed by atoms with Crippen molar-refractivity contribution in [1.82, 2.24) is 4.90 Å². The summed E-state index contributed by atoms with van der Waals surface area (Å²) in [5.74, 6) is 0.813. The summed E-state index contributed by atoms with van der Waals surface area (Å²) in [5.41, 5.74) is 5.89. The molecule has 0 radical (unpaired) electrons. The molecular weight excluding hydrogens is 370 g/mol. The Kier molecular flexibility index (Phi) is 4.50. The van der Waals surface area contributed by atoms with Gasteiger partial charge in [-0.1, -0.05) is 48.0 Å². The van der Waals surface area contributed by atoms with Gasteiger partial charge in [-0.15, -0.1) is 0 Å². The van der Waals surface area contributed by atoms with E-state index in [1.165, 1.54) is 11.1 Å². The highest BCUT2D eigenvalue weighted by Gasteiger charge is 2.29. The monoisotopic (exact) mass is 391 g/mol. The van der Waals surface area contributed by atoms with Gasteiger partial charge in [0.05, 0.1) is 0 Å². The number of phenols is 1. The minimum absolute atomic E-state index is 0.198. The molecule has 0 amide bonds. The zero-order valence-electron chi connectivity index (χ0n) is 15.6. The number of phenolic OH excluding ortho intramolecular Hbond substituents is 1. The van der Waals surface area contributed by atoms with Crippen LogP contribution in [0.15, 0.2) is 60.7 Å². The van der Waals surface area contributed by atoms with E-state index in [2.05, 4.69) is 35.2 Å². The molecule has 3 aromatic carbocycles. The SMILES string of the molecule is Oc1cc(-c2cccc(Cl)c2)cc2c1OCCN(C1Cc3ccccc3C1)C2. The summed E-state index contributed by atoms with van der Waals surface area (Å²) in [6.07, 6.45) is 2.15. The van der Waals surface area contributed by atoms with Gasteiger partial charge in [-0.3, -0.25) is 4.90 Å². The van der Waals surface area contributed by atoms with Crippen LogP contribution in [0.25, 0.3) is 11.1 Å². The van der Waals surface area contributed by atoms with E-state index >= 15 is 0 Å². The zero-order valence-corrected chi connectivity index (χ0v) is 16.3. The Bertz CT molecular complexity index is 1010. The third-order valence-corrected chi connectivity index (χ3v) is 6.08. The number of aromatic hydroxyl groups is 1. The van der Waals surface area contributed by atoms with Crippen LogP contribution in [0, 0.1) is 0 Å². The maximum atomic E-state index is 10.6. The molecule has 1 heterocycles. The number of nitrogens with zero attached hydrogens (tertiary/aromatic N) is 1. The quantitative estimate of drug-likeness (QED) is 0.661. The van der Waals surface area contributed by atoms with E-state index in [1.807, 2.05) is 24.3 Å². The third-order valence-electron chi connectivity index (χ3n) is 5.85. The topological polar surface area (TPSA) is 32.7 Å². The maximum Gasteiger partial charge on any atom is 0.165 e. The Morgan fingerprint density at radius 2 is 1.68 bits per heavy atom. The molecule has 0 aromatic heterocycles. The molecule has 0 saturated carbocycles. The van der Waals surface area contributed by atoms with Gasteiger partial charge in [0, 0.05) is 29.7 Å². The van der Waals surface area contributed by atoms with Crippen molar-refractivity contribution in [2.75, 3.05) is 13.2 Å². The fourth-order valence-electron chi connectivity index (χ4n) is 4.46. The second-order valence-electron chi connectivity index (χ2n) is 7.64. The molecule has 28 heavy (non-hydrogen) atoms. The number of hydrogen-bond donors (Lipinski definition) is 1. The van der Waals surface area contributed by atoms with Crippen LogP contribution in [0.5, 0.6) is 11.5 Å². The van der Waals surface area contributed by atoms with Crippen LogP contribution in [0.4, 0.5) is 0 Å². The fourth-order valence-corrected chi connectivity index (χ4v) is 4.65. The summed E-state index contributed by atoms with van der Waals surface area (Å²) >= 11 is 6.16. The summed E-state index contributed by atoms with van der Waals surface area (Å²) in [5, 5.41) is 11.3. The molecule has 0 atom stereocenters. The molecule has 0 fully saturated rings. The Labute approximate surface area is 170 Å². The number of hydrogen-bond acceptors (Lipinski definition) is 3. The van der Waals surface area contributed by atoms with Crippen molar-refractivity contribution in [3.63, 3.8) is 0 Å². The summed E-state index contributed by atoms with van der Waals surface area (Å²) in [6.45, 7) is 2.22. The van der Waals surface area contributed by atoms with Gasteiger partial charge in [0.2, 0.25) is 0 Å². The molecule has 1 N–H and O–H groups in total. The van der Waals surface area contributed by atoms with Gasteiger partial charge in [0.15, 0.2) is 11.5 Å². The van der Waals surface area contributed by atoms with Crippen molar-refractivity contribution in [3.8, 4) is 22.6 Å². The first kappa shape index (κ1) is 17.6. The summed E-state index contributed by atoms with van der Waals surface area (Å²) in [6, 6.07) is 20.8. The van der Waals surface area contributed by atoms with E-state index in [0.717, 1.165) is 42.6 Å². The van der Waals surface area contributed by atoms with Gasteiger partial charge < -0.3 is 9.84 Å². The first-order valence-electron chi connectivity index (χ1n) is 9.73. The number of rotatable bonds is 2. The van der Waals surface area contributed by atoms with Gasteiger partial charge in [0.1, 0.15) is 6.61 Å². The average molecular weight is 392 g/mol. The highest BCUT2D eigenvalue weighted by Crippen LogP contribution is 2.39. The Balaban J connectivity index is 1.46.